The van der Waals surface area contributed by atoms with Gasteiger partial charge in [0.2, 0.25) is 17.6 Å². The second kappa shape index (κ2) is 13.8. The summed E-state index contributed by atoms with van der Waals surface area (Å²) in [5.41, 5.74) is 4.23. The van der Waals surface area contributed by atoms with E-state index >= 15 is 0 Å². The molecule has 11 nitrogen and oxygen atoms in total. The Hall–Kier alpha value is -3.63. The number of ketones is 1. The number of carbonyl (C=O) groups is 5. The first kappa shape index (κ1) is 36.2. The van der Waals surface area contributed by atoms with Crippen LogP contribution in [0.25, 0.3) is 0 Å². The summed E-state index contributed by atoms with van der Waals surface area (Å²) < 4.78 is 5.97. The van der Waals surface area contributed by atoms with E-state index in [0.717, 1.165) is 25.7 Å². The number of Topliss-reactive ketones (excluding diaryl/α,β-unsaturated/α-hetero) is 1. The molecule has 0 aromatic heterocycles. The van der Waals surface area contributed by atoms with Crippen molar-refractivity contribution < 1.29 is 28.7 Å². The molecule has 0 bridgehead atoms. The summed E-state index contributed by atoms with van der Waals surface area (Å²) in [6.07, 6.45) is 4.00. The van der Waals surface area contributed by atoms with Gasteiger partial charge < -0.3 is 31.3 Å². The standard InChI is InChI=1S/C36H55N5O6/c1-34(2,3)26(20-47-22-15-10-9-11-16-22)39-33(46)40-29(35(4,5)6)32(45)41-19-24-23(18-36(24,7)8)27(41)31(44)38-25(28(42)30(37)43)17-21-13-12-14-21/h9-11,15-16,21,23-27,29H,12-14,17-20H2,1-8H3,(H2,37,43)(H,38,44)(H2,39,40,46)/t23?,24-,25?,26+,27-,29?/m0/s1. The zero-order valence-corrected chi connectivity index (χ0v) is 29.4. The van der Waals surface area contributed by atoms with Gasteiger partial charge in [-0.3, -0.25) is 19.2 Å². The number of urea groups is 1. The number of para-hydroxylation sites is 1. The highest BCUT2D eigenvalue weighted by molar-refractivity contribution is 6.37. The molecule has 3 aliphatic rings. The lowest BCUT2D eigenvalue weighted by Gasteiger charge is -2.48. The lowest BCUT2D eigenvalue weighted by Crippen LogP contribution is -2.62. The Morgan fingerprint density at radius 2 is 1.60 bits per heavy atom. The molecule has 0 spiro atoms. The lowest BCUT2D eigenvalue weighted by atomic mass is 9.55. The summed E-state index contributed by atoms with van der Waals surface area (Å²) in [5.74, 6) is -1.81. The topological polar surface area (TPSA) is 160 Å². The van der Waals surface area contributed by atoms with Gasteiger partial charge in [0.05, 0.1) is 12.1 Å². The maximum absolute atomic E-state index is 14.5. The first-order valence-electron chi connectivity index (χ1n) is 17.0. The number of fused-ring (bicyclic) bond motifs is 1. The van der Waals surface area contributed by atoms with Crippen molar-refractivity contribution in [1.29, 1.82) is 0 Å². The number of carbonyl (C=O) groups excluding carboxylic acids is 5. The molecule has 47 heavy (non-hydrogen) atoms. The number of nitrogens with zero attached hydrogens (tertiary/aromatic N) is 1. The molecule has 1 saturated heterocycles. The molecular formula is C36H55N5O6. The molecule has 260 valence electrons. The molecule has 4 rings (SSSR count). The van der Waals surface area contributed by atoms with Gasteiger partial charge in [0.15, 0.2) is 0 Å². The van der Waals surface area contributed by atoms with Crippen molar-refractivity contribution in [3.8, 4) is 5.75 Å². The van der Waals surface area contributed by atoms with E-state index in [2.05, 4.69) is 29.8 Å². The molecule has 5 N–H and O–H groups in total. The van der Waals surface area contributed by atoms with Crippen molar-refractivity contribution in [2.45, 2.75) is 112 Å². The van der Waals surface area contributed by atoms with Gasteiger partial charge in [-0.15, -0.1) is 0 Å². The highest BCUT2D eigenvalue weighted by Crippen LogP contribution is 2.57. The zero-order chi connectivity index (χ0) is 34.9. The van der Waals surface area contributed by atoms with Crippen LogP contribution in [0.2, 0.25) is 0 Å². The number of nitrogens with one attached hydrogen (secondary N) is 3. The van der Waals surface area contributed by atoms with Crippen LogP contribution in [-0.2, 0) is 19.2 Å². The third-order valence-electron chi connectivity index (χ3n) is 10.5. The van der Waals surface area contributed by atoms with E-state index in [1.54, 1.807) is 4.90 Å². The average molecular weight is 654 g/mol. The van der Waals surface area contributed by atoms with Crippen molar-refractivity contribution in [3.63, 3.8) is 0 Å². The SMILES string of the molecule is CC(C)(C)C(NC(=O)N[C@H](COc1ccccc1)C(C)(C)C)C(=O)N1C[C@H]2C(CC2(C)C)[C@H]1C(=O)NC(CC1CCC1)C(=O)C(N)=O. The average Bonchev–Trinajstić information content (AvgIpc) is 3.28. The van der Waals surface area contributed by atoms with E-state index in [0.29, 0.717) is 18.7 Å². The van der Waals surface area contributed by atoms with Crippen LogP contribution in [0.5, 0.6) is 5.75 Å². The van der Waals surface area contributed by atoms with E-state index in [4.69, 9.17) is 10.5 Å². The van der Waals surface area contributed by atoms with Gasteiger partial charge in [0, 0.05) is 6.54 Å². The summed E-state index contributed by atoms with van der Waals surface area (Å²) in [5, 5.41) is 8.79. The molecule has 0 radical (unpaired) electrons. The van der Waals surface area contributed by atoms with Gasteiger partial charge >= 0.3 is 6.03 Å². The van der Waals surface area contributed by atoms with Crippen LogP contribution in [0.4, 0.5) is 4.79 Å². The zero-order valence-electron chi connectivity index (χ0n) is 29.4. The fraction of sp³-hybridized carbons (Fsp3) is 0.694. The summed E-state index contributed by atoms with van der Waals surface area (Å²) >= 11 is 0. The molecule has 11 heteroatoms. The molecular weight excluding hydrogens is 598 g/mol. The van der Waals surface area contributed by atoms with Crippen LogP contribution in [0.3, 0.4) is 0 Å². The Morgan fingerprint density at radius 3 is 2.11 bits per heavy atom. The second-order valence-corrected chi connectivity index (χ2v) is 16.7. The Kier molecular flexibility index (Phi) is 10.7. The quantitative estimate of drug-likeness (QED) is 0.251. The van der Waals surface area contributed by atoms with E-state index < -0.39 is 47.2 Å². The number of likely N-dealkylation sites (tertiary alicyclic amines) is 1. The predicted molar refractivity (Wildman–Crippen MR) is 179 cm³/mol. The number of hydrogen-bond donors (Lipinski definition) is 4. The van der Waals surface area contributed by atoms with Gasteiger partial charge in [-0.2, -0.15) is 0 Å². The van der Waals surface area contributed by atoms with Gasteiger partial charge in [-0.05, 0) is 59.0 Å². The molecule has 3 fully saturated rings. The van der Waals surface area contributed by atoms with Crippen LogP contribution < -0.4 is 26.4 Å². The maximum atomic E-state index is 14.5. The van der Waals surface area contributed by atoms with E-state index in [-0.39, 0.29) is 47.1 Å². The van der Waals surface area contributed by atoms with E-state index in [9.17, 15) is 24.0 Å². The fourth-order valence-corrected chi connectivity index (χ4v) is 7.23. The van der Waals surface area contributed by atoms with Gasteiger partial charge in [0.25, 0.3) is 5.91 Å². The fourth-order valence-electron chi connectivity index (χ4n) is 7.23. The summed E-state index contributed by atoms with van der Waals surface area (Å²) in [6.45, 7) is 16.5. The molecule has 6 atom stereocenters. The van der Waals surface area contributed by atoms with Crippen molar-refractivity contribution in [2.24, 2.45) is 39.7 Å². The normalized spacial score (nSPS) is 24.0. The van der Waals surface area contributed by atoms with Crippen LogP contribution in [0.1, 0.15) is 87.5 Å². The predicted octanol–water partition coefficient (Wildman–Crippen LogP) is 3.80. The number of primary amides is 1. The Labute approximate surface area is 279 Å². The first-order valence-corrected chi connectivity index (χ1v) is 17.0. The number of amides is 5. The summed E-state index contributed by atoms with van der Waals surface area (Å²) in [7, 11) is 0. The second-order valence-electron chi connectivity index (χ2n) is 16.7. The van der Waals surface area contributed by atoms with E-state index in [1.165, 1.54) is 0 Å². The lowest BCUT2D eigenvalue weighted by molar-refractivity contribution is -0.144. The van der Waals surface area contributed by atoms with Crippen LogP contribution >= 0.6 is 0 Å². The van der Waals surface area contributed by atoms with E-state index in [1.807, 2.05) is 71.9 Å². The molecule has 1 aromatic rings. The van der Waals surface area contributed by atoms with Crippen LogP contribution in [0, 0.1) is 34.0 Å². The van der Waals surface area contributed by atoms with Gasteiger partial charge in [-0.25, -0.2) is 4.79 Å². The first-order chi connectivity index (χ1) is 21.8. The van der Waals surface area contributed by atoms with Crippen LogP contribution in [-0.4, -0.2) is 71.8 Å². The Morgan fingerprint density at radius 1 is 0.957 bits per heavy atom. The Balaban J connectivity index is 1.53. The maximum Gasteiger partial charge on any atom is 0.315 e. The highest BCUT2D eigenvalue weighted by atomic mass is 16.5. The van der Waals surface area contributed by atoms with Crippen molar-refractivity contribution in [1.82, 2.24) is 20.9 Å². The molecule has 1 aliphatic heterocycles. The number of ether oxygens (including phenoxy) is 1. The summed E-state index contributed by atoms with van der Waals surface area (Å²) in [6, 6.07) is 5.67. The Bertz CT molecular complexity index is 1330. The molecule has 2 aliphatic carbocycles. The number of rotatable bonds is 12. The number of nitrogens with two attached hydrogens (primary N) is 1. The minimum absolute atomic E-state index is 0.0761. The van der Waals surface area contributed by atoms with Crippen molar-refractivity contribution in [2.75, 3.05) is 13.2 Å². The molecule has 1 aromatic carbocycles. The number of benzene rings is 1. The number of hydrogen-bond acceptors (Lipinski definition) is 6. The molecule has 2 saturated carbocycles. The summed E-state index contributed by atoms with van der Waals surface area (Å²) in [4.78, 5) is 68.2. The largest absolute Gasteiger partial charge is 0.491 e. The van der Waals surface area contributed by atoms with Crippen LogP contribution in [0.15, 0.2) is 30.3 Å². The van der Waals surface area contributed by atoms with Crippen molar-refractivity contribution >= 4 is 29.5 Å². The monoisotopic (exact) mass is 653 g/mol. The van der Waals surface area contributed by atoms with Gasteiger partial charge in [-0.1, -0.05) is 92.9 Å². The minimum Gasteiger partial charge on any atom is -0.491 e. The molecule has 1 heterocycles. The molecule has 5 amide bonds. The third-order valence-corrected chi connectivity index (χ3v) is 10.5. The van der Waals surface area contributed by atoms with Gasteiger partial charge in [0.1, 0.15) is 24.4 Å². The molecule has 3 unspecified atom stereocenters. The highest BCUT2D eigenvalue weighted by Gasteiger charge is 2.61. The third kappa shape index (κ3) is 8.46. The smallest absolute Gasteiger partial charge is 0.315 e. The van der Waals surface area contributed by atoms with Crippen molar-refractivity contribution in [3.05, 3.63) is 30.3 Å². The minimum atomic E-state index is -1.08.